The van der Waals surface area contributed by atoms with E-state index in [1.807, 2.05) is 0 Å². The molecule has 2 saturated heterocycles. The molecule has 0 saturated carbocycles. The normalized spacial score (nSPS) is 28.5. The molecule has 0 bridgehead atoms. The van der Waals surface area contributed by atoms with Crippen molar-refractivity contribution < 1.29 is 116 Å². The number of aliphatic hydroxyl groups excluding tert-OH is 6. The maximum atomic E-state index is 12.5. The van der Waals surface area contributed by atoms with Crippen LogP contribution in [0.3, 0.4) is 0 Å². The third-order valence-electron chi connectivity index (χ3n) is 9.95. The Morgan fingerprint density at radius 2 is 1.40 bits per heavy atom. The van der Waals surface area contributed by atoms with Crippen molar-refractivity contribution in [3.05, 3.63) is 29.8 Å². The van der Waals surface area contributed by atoms with Crippen molar-refractivity contribution in [2.45, 2.75) is 131 Å². The topological polar surface area (TPSA) is 440 Å². The minimum atomic E-state index is -5.64. The van der Waals surface area contributed by atoms with E-state index in [1.165, 1.54) is 29.0 Å². The molecule has 1 amide bonds. The zero-order chi connectivity index (χ0) is 48.9. The van der Waals surface area contributed by atoms with Gasteiger partial charge in [0, 0.05) is 31.5 Å². The Hall–Kier alpha value is -2.87. The van der Waals surface area contributed by atoms with Crippen LogP contribution in [-0.4, -0.2) is 206 Å². The number of hydrogen-bond donors (Lipinski definition) is 13. The van der Waals surface area contributed by atoms with Gasteiger partial charge in [-0.15, -0.1) is 0 Å². The van der Waals surface area contributed by atoms with E-state index in [0.717, 1.165) is 45.6 Å². The first kappa shape index (κ1) is 56.5. The van der Waals surface area contributed by atoms with Crippen LogP contribution in [0.4, 0.5) is 5.69 Å². The lowest BCUT2D eigenvalue weighted by Gasteiger charge is -2.47. The van der Waals surface area contributed by atoms with Crippen LogP contribution in [0.15, 0.2) is 24.3 Å². The van der Waals surface area contributed by atoms with Crippen LogP contribution in [0, 0.1) is 0 Å². The van der Waals surface area contributed by atoms with Gasteiger partial charge in [-0.25, -0.2) is 13.2 Å². The minimum Gasteiger partial charge on any atom is -0.479 e. The molecular weight excluding hydrogens is 947 g/mol. The summed E-state index contributed by atoms with van der Waals surface area (Å²) in [6.07, 6.45) is -22.9. The van der Waals surface area contributed by atoms with E-state index in [0.29, 0.717) is 17.8 Å². The molecule has 0 aromatic heterocycles. The predicted molar refractivity (Wildman–Crippen MR) is 216 cm³/mol. The molecule has 1 aromatic rings. The minimum absolute atomic E-state index is 0.293. The van der Waals surface area contributed by atoms with Gasteiger partial charge in [-0.1, -0.05) is 39.0 Å². The van der Waals surface area contributed by atoms with Crippen LogP contribution in [0.5, 0.6) is 0 Å². The summed E-state index contributed by atoms with van der Waals surface area (Å²) in [5.74, 6) is -2.34. The first-order chi connectivity index (χ1) is 30.3. The number of amides is 1. The molecule has 2 aliphatic heterocycles. The first-order valence-corrected chi connectivity index (χ1v) is 24.0. The van der Waals surface area contributed by atoms with Gasteiger partial charge in [-0.3, -0.25) is 18.5 Å². The molecule has 0 aliphatic carbocycles. The lowest BCUT2D eigenvalue weighted by molar-refractivity contribution is -0.340. The van der Waals surface area contributed by atoms with E-state index in [1.54, 1.807) is 0 Å². The van der Waals surface area contributed by atoms with E-state index in [2.05, 4.69) is 25.9 Å². The molecule has 0 radical (unpaired) electrons. The Balaban J connectivity index is 1.69. The molecule has 2 aliphatic rings. The second-order valence-electron chi connectivity index (χ2n) is 14.8. The number of methoxy groups -OCH3 is 1. The predicted octanol–water partition coefficient (Wildman–Crippen LogP) is -3.93. The number of carbonyl (C=O) groups is 2. The number of unbranched alkanes of at least 4 members (excludes halogenated alkanes) is 5. The fourth-order valence-corrected chi connectivity index (χ4v) is 8.05. The van der Waals surface area contributed by atoms with Gasteiger partial charge in [0.15, 0.2) is 24.8 Å². The van der Waals surface area contributed by atoms with Gasteiger partial charge in [-0.05, 0) is 30.7 Å². The van der Waals surface area contributed by atoms with Gasteiger partial charge in [-0.2, -0.15) is 30.0 Å². The van der Waals surface area contributed by atoms with Crippen LogP contribution < -0.4 is 15.4 Å². The summed E-state index contributed by atoms with van der Waals surface area (Å²) in [7, 11) is -15.2. The Labute approximate surface area is 373 Å². The van der Waals surface area contributed by atoms with Crippen LogP contribution >= 0.6 is 0 Å². The Kier molecular flexibility index (Phi) is 22.1. The molecule has 14 atom stereocenters. The maximum absolute atomic E-state index is 12.5. The number of nitrogens with one attached hydrogen (secondary N) is 3. The van der Waals surface area contributed by atoms with Gasteiger partial charge >= 0.3 is 37.1 Å². The van der Waals surface area contributed by atoms with Crippen molar-refractivity contribution in [1.82, 2.24) is 10.0 Å². The molecule has 28 nitrogen and oxygen atoms in total. The van der Waals surface area contributed by atoms with Crippen LogP contribution in [-0.2, 0) is 67.9 Å². The first-order valence-electron chi connectivity index (χ1n) is 19.8. The highest BCUT2D eigenvalue weighted by molar-refractivity contribution is 7.83. The number of aliphatic carboxylic acids is 1. The molecule has 31 heteroatoms. The number of aliphatic hydroxyl groups is 6. The van der Waals surface area contributed by atoms with Gasteiger partial charge in [0.1, 0.15) is 54.9 Å². The van der Waals surface area contributed by atoms with Crippen molar-refractivity contribution in [1.29, 1.82) is 0 Å². The summed E-state index contributed by atoms with van der Waals surface area (Å²) >= 11 is 0. The van der Waals surface area contributed by atoms with Gasteiger partial charge in [0.2, 0.25) is 0 Å². The lowest BCUT2D eigenvalue weighted by atomic mass is 9.95. The fourth-order valence-electron chi connectivity index (χ4n) is 6.66. The van der Waals surface area contributed by atoms with E-state index in [4.69, 9.17) is 28.2 Å². The van der Waals surface area contributed by atoms with Gasteiger partial charge < -0.3 is 70.1 Å². The Morgan fingerprint density at radius 1 is 0.785 bits per heavy atom. The molecular formula is C34H57N3O25S3. The molecule has 1 aromatic carbocycles. The highest BCUT2D eigenvalue weighted by Gasteiger charge is 2.56. The van der Waals surface area contributed by atoms with Gasteiger partial charge in [0.05, 0.1) is 19.3 Å². The van der Waals surface area contributed by atoms with Crippen molar-refractivity contribution >= 4 is 48.7 Å². The highest BCUT2D eigenvalue weighted by Crippen LogP contribution is 2.33. The third-order valence-corrected chi connectivity index (χ3v) is 11.4. The van der Waals surface area contributed by atoms with E-state index < -0.39 is 143 Å². The van der Waals surface area contributed by atoms with E-state index in [9.17, 15) is 79.7 Å². The summed E-state index contributed by atoms with van der Waals surface area (Å²) in [6.45, 7) is -0.187. The van der Waals surface area contributed by atoms with E-state index in [-0.39, 0.29) is 5.91 Å². The number of hydrogen-bond acceptors (Lipinski definition) is 22. The highest BCUT2D eigenvalue weighted by atomic mass is 32.3. The Morgan fingerprint density at radius 3 is 1.97 bits per heavy atom. The standard InChI is InChI=1S/C34H57N3O25S3/c1-3-4-5-6-7-8-13-35-31(44)17-9-11-18(12-10-17)36-14-19(38)23(40)24(41)20(39)15-57-34-29(62-65(53,54)55)26(43)28(30(61-34)32(45)46)60-33-22(37-63(47,48)49)25(42)27(56-2)21(59-33)16-58-64(50,51)52/h9-12,19-30,33-34,36-43H,3-8,13-16H2,1-2H3,(H,35,44)(H,45,46)(H,47,48,49)(H,50,51,52)(H,53,54,55)/t19-,20-,21+,22+,23-,24-,25+,26-,27+,28-,29+,30+,33+,34+/m0/s1. The number of carbonyl (C=O) groups excluding carboxylic acids is 1. The third kappa shape index (κ3) is 18.3. The zero-order valence-corrected chi connectivity index (χ0v) is 37.2. The number of benzene rings is 1. The zero-order valence-electron chi connectivity index (χ0n) is 34.8. The van der Waals surface area contributed by atoms with E-state index >= 15 is 0 Å². The smallest absolute Gasteiger partial charge is 0.397 e. The number of carboxylic acids is 1. The second-order valence-corrected chi connectivity index (χ2v) is 18.2. The molecule has 65 heavy (non-hydrogen) atoms. The molecule has 13 N–H and O–H groups in total. The summed E-state index contributed by atoms with van der Waals surface area (Å²) in [5.41, 5.74) is 0.745. The summed E-state index contributed by atoms with van der Waals surface area (Å²) in [5, 5.41) is 80.2. The van der Waals surface area contributed by atoms with Crippen molar-refractivity contribution in [2.75, 3.05) is 38.7 Å². The second kappa shape index (κ2) is 25.5. The summed E-state index contributed by atoms with van der Waals surface area (Å²) < 4.78 is 134. The van der Waals surface area contributed by atoms with Crippen LogP contribution in [0.25, 0.3) is 0 Å². The molecule has 376 valence electrons. The fraction of sp³-hybridized carbons (Fsp3) is 0.765. The summed E-state index contributed by atoms with van der Waals surface area (Å²) in [4.78, 5) is 24.9. The largest absolute Gasteiger partial charge is 0.479 e. The average Bonchev–Trinajstić information content (AvgIpc) is 3.22. The molecule has 0 spiro atoms. The van der Waals surface area contributed by atoms with Crippen molar-refractivity contribution in [3.8, 4) is 0 Å². The van der Waals surface area contributed by atoms with Crippen LogP contribution in [0.2, 0.25) is 0 Å². The number of rotatable bonds is 28. The molecule has 2 heterocycles. The average molecular weight is 1000 g/mol. The molecule has 2 fully saturated rings. The Bertz CT molecular complexity index is 1980. The van der Waals surface area contributed by atoms with Crippen molar-refractivity contribution in [3.63, 3.8) is 0 Å². The monoisotopic (exact) mass is 1000 g/mol. The van der Waals surface area contributed by atoms with Gasteiger partial charge in [0.25, 0.3) is 5.91 Å². The maximum Gasteiger partial charge on any atom is 0.397 e. The lowest BCUT2D eigenvalue weighted by Crippen LogP contribution is -2.68. The number of carboxylic acid groups (broad SMARTS) is 1. The number of ether oxygens (including phenoxy) is 5. The summed E-state index contributed by atoms with van der Waals surface area (Å²) in [6, 6.07) is 3.82. The van der Waals surface area contributed by atoms with Crippen LogP contribution in [0.1, 0.15) is 55.8 Å². The quantitative estimate of drug-likeness (QED) is 0.0282. The SMILES string of the molecule is CCCCCCCCNC(=O)c1ccc(NC[C@H](O)[C@H](O)[C@@H](O)[C@@H](O)CO[C@@H]2O[C@@H](C(=O)O)[C@@H](O[C@H]3O[C@H](COS(=O)(=O)O)[C@@H](OC)[C@H](O)[C@H]3NS(=O)(=O)O)[C@H](O)[C@H]2OS(=O)(=O)O)cc1. The molecule has 0 unspecified atom stereocenters. The van der Waals surface area contributed by atoms with Crippen molar-refractivity contribution in [2.24, 2.45) is 0 Å². The number of anilines is 1. The molecule has 3 rings (SSSR count).